The van der Waals surface area contributed by atoms with Crippen LogP contribution in [0.1, 0.15) is 36.8 Å². The van der Waals surface area contributed by atoms with E-state index in [-0.39, 0.29) is 0 Å². The molecule has 0 radical (unpaired) electrons. The number of hydrogen-bond acceptors (Lipinski definition) is 1. The molecule has 1 aliphatic carbocycles. The van der Waals surface area contributed by atoms with Gasteiger partial charge in [0.15, 0.2) is 0 Å². The molecule has 1 saturated carbocycles. The summed E-state index contributed by atoms with van der Waals surface area (Å²) < 4.78 is 0. The first-order valence-electron chi connectivity index (χ1n) is 5.27. The van der Waals surface area contributed by atoms with Crippen molar-refractivity contribution in [1.29, 1.82) is 0 Å². The normalized spacial score (nSPS) is 17.1. The third-order valence-electron chi connectivity index (χ3n) is 2.72. The van der Waals surface area contributed by atoms with Crippen LogP contribution in [0.15, 0.2) is 29.8 Å². The van der Waals surface area contributed by atoms with E-state index in [0.29, 0.717) is 6.54 Å². The molecule has 2 N–H and O–H groups in total. The Labute approximate surface area is 85.6 Å². The van der Waals surface area contributed by atoms with E-state index in [1.54, 1.807) is 0 Å². The average molecular weight is 187 g/mol. The lowest BCUT2D eigenvalue weighted by Crippen LogP contribution is -1.99. The average Bonchev–Trinajstić information content (AvgIpc) is 3.02. The van der Waals surface area contributed by atoms with Gasteiger partial charge in [0.05, 0.1) is 0 Å². The Hall–Kier alpha value is -1.08. The molecule has 0 spiro atoms. The molecule has 0 bridgehead atoms. The van der Waals surface area contributed by atoms with E-state index < -0.39 is 0 Å². The molecule has 14 heavy (non-hydrogen) atoms. The van der Waals surface area contributed by atoms with Crippen molar-refractivity contribution in [2.24, 2.45) is 5.73 Å². The molecule has 2 rings (SSSR count). The summed E-state index contributed by atoms with van der Waals surface area (Å²) >= 11 is 0. The van der Waals surface area contributed by atoms with Crippen LogP contribution < -0.4 is 5.73 Å². The van der Waals surface area contributed by atoms with Gasteiger partial charge in [0.1, 0.15) is 0 Å². The number of hydrogen-bond donors (Lipinski definition) is 1. The predicted octanol–water partition coefficient (Wildman–Crippen LogP) is 2.93. The zero-order valence-corrected chi connectivity index (χ0v) is 8.66. The van der Waals surface area contributed by atoms with E-state index in [9.17, 15) is 0 Å². The number of nitrogens with two attached hydrogens (primary N) is 1. The minimum atomic E-state index is 0.643. The highest BCUT2D eigenvalue weighted by atomic mass is 14.5. The van der Waals surface area contributed by atoms with Gasteiger partial charge in [-0.15, -0.1) is 0 Å². The zero-order valence-electron chi connectivity index (χ0n) is 8.66. The van der Waals surface area contributed by atoms with E-state index in [1.165, 1.54) is 29.5 Å². The highest BCUT2D eigenvalue weighted by Crippen LogP contribution is 2.39. The number of benzene rings is 1. The lowest BCUT2D eigenvalue weighted by Gasteiger charge is -2.00. The SMILES string of the molecule is C/C(=C/c1ccc(C2CC2)cc1)CN. The van der Waals surface area contributed by atoms with Crippen molar-refractivity contribution < 1.29 is 0 Å². The molecule has 1 heteroatoms. The Kier molecular flexibility index (Phi) is 2.69. The zero-order chi connectivity index (χ0) is 9.97. The summed E-state index contributed by atoms with van der Waals surface area (Å²) in [5, 5.41) is 0. The molecule has 0 aromatic heterocycles. The van der Waals surface area contributed by atoms with Gasteiger partial charge < -0.3 is 5.73 Å². The van der Waals surface area contributed by atoms with Crippen LogP contribution in [0.3, 0.4) is 0 Å². The van der Waals surface area contributed by atoms with Crippen LogP contribution in [0.2, 0.25) is 0 Å². The van der Waals surface area contributed by atoms with Gasteiger partial charge in [0.25, 0.3) is 0 Å². The molecule has 0 aliphatic heterocycles. The van der Waals surface area contributed by atoms with Crippen LogP contribution in [0, 0.1) is 0 Å². The summed E-state index contributed by atoms with van der Waals surface area (Å²) in [6.45, 7) is 2.71. The summed E-state index contributed by atoms with van der Waals surface area (Å²) in [5.41, 5.74) is 9.52. The molecule has 1 aromatic rings. The van der Waals surface area contributed by atoms with Crippen molar-refractivity contribution in [1.82, 2.24) is 0 Å². The second-order valence-electron chi connectivity index (χ2n) is 4.14. The van der Waals surface area contributed by atoms with Crippen LogP contribution in [0.4, 0.5) is 0 Å². The maximum atomic E-state index is 5.54. The third-order valence-corrected chi connectivity index (χ3v) is 2.72. The van der Waals surface area contributed by atoms with E-state index in [1.807, 2.05) is 0 Å². The first-order valence-corrected chi connectivity index (χ1v) is 5.27. The Balaban J connectivity index is 2.13. The van der Waals surface area contributed by atoms with Crippen LogP contribution in [0.5, 0.6) is 0 Å². The standard InChI is InChI=1S/C13H17N/c1-10(9-14)8-11-2-4-12(5-3-11)13-6-7-13/h2-5,8,13H,6-7,9,14H2,1H3/b10-8-. The van der Waals surface area contributed by atoms with Gasteiger partial charge in [-0.25, -0.2) is 0 Å². The monoisotopic (exact) mass is 187 g/mol. The molecule has 74 valence electrons. The van der Waals surface area contributed by atoms with Gasteiger partial charge in [0, 0.05) is 6.54 Å². The fourth-order valence-corrected chi connectivity index (χ4v) is 1.62. The van der Waals surface area contributed by atoms with Gasteiger partial charge >= 0.3 is 0 Å². The topological polar surface area (TPSA) is 26.0 Å². The Morgan fingerprint density at radius 3 is 2.50 bits per heavy atom. The van der Waals surface area contributed by atoms with E-state index in [0.717, 1.165) is 5.92 Å². The lowest BCUT2D eigenvalue weighted by atomic mass is 10.1. The molecule has 1 aromatic carbocycles. The van der Waals surface area contributed by atoms with Crippen molar-refractivity contribution in [3.05, 3.63) is 41.0 Å². The molecule has 0 amide bonds. The van der Waals surface area contributed by atoms with Crippen LogP contribution in [0.25, 0.3) is 6.08 Å². The Morgan fingerprint density at radius 2 is 2.00 bits per heavy atom. The van der Waals surface area contributed by atoms with Crippen LogP contribution >= 0.6 is 0 Å². The molecule has 1 nitrogen and oxygen atoms in total. The highest BCUT2D eigenvalue weighted by Gasteiger charge is 2.22. The highest BCUT2D eigenvalue weighted by molar-refractivity contribution is 5.53. The summed E-state index contributed by atoms with van der Waals surface area (Å²) in [4.78, 5) is 0. The molecular weight excluding hydrogens is 170 g/mol. The quantitative estimate of drug-likeness (QED) is 0.773. The van der Waals surface area contributed by atoms with E-state index >= 15 is 0 Å². The van der Waals surface area contributed by atoms with E-state index in [4.69, 9.17) is 5.73 Å². The molecule has 0 atom stereocenters. The molecule has 0 unspecified atom stereocenters. The fourth-order valence-electron chi connectivity index (χ4n) is 1.62. The third kappa shape index (κ3) is 2.24. The molecule has 1 fully saturated rings. The van der Waals surface area contributed by atoms with Crippen molar-refractivity contribution in [3.63, 3.8) is 0 Å². The maximum Gasteiger partial charge on any atom is 0.0137 e. The largest absolute Gasteiger partial charge is 0.327 e. The minimum Gasteiger partial charge on any atom is -0.327 e. The van der Waals surface area contributed by atoms with Gasteiger partial charge in [-0.3, -0.25) is 0 Å². The van der Waals surface area contributed by atoms with Crippen molar-refractivity contribution in [2.75, 3.05) is 6.54 Å². The second-order valence-corrected chi connectivity index (χ2v) is 4.14. The van der Waals surface area contributed by atoms with E-state index in [2.05, 4.69) is 37.3 Å². The second kappa shape index (κ2) is 3.97. The fraction of sp³-hybridized carbons (Fsp3) is 0.385. The Bertz CT molecular complexity index is 331. The molecule has 0 heterocycles. The summed E-state index contributed by atoms with van der Waals surface area (Å²) in [5.74, 6) is 0.851. The van der Waals surface area contributed by atoms with Crippen molar-refractivity contribution in [3.8, 4) is 0 Å². The van der Waals surface area contributed by atoms with Crippen molar-refractivity contribution >= 4 is 6.08 Å². The maximum absolute atomic E-state index is 5.54. The summed E-state index contributed by atoms with van der Waals surface area (Å²) in [6.07, 6.45) is 4.89. The lowest BCUT2D eigenvalue weighted by molar-refractivity contribution is 1.13. The summed E-state index contributed by atoms with van der Waals surface area (Å²) in [7, 11) is 0. The minimum absolute atomic E-state index is 0.643. The molecule has 1 aliphatic rings. The van der Waals surface area contributed by atoms with Gasteiger partial charge in [0.2, 0.25) is 0 Å². The molecule has 0 saturated heterocycles. The van der Waals surface area contributed by atoms with Crippen LogP contribution in [-0.4, -0.2) is 6.54 Å². The van der Waals surface area contributed by atoms with Gasteiger partial charge in [-0.1, -0.05) is 35.9 Å². The van der Waals surface area contributed by atoms with Crippen LogP contribution in [-0.2, 0) is 0 Å². The van der Waals surface area contributed by atoms with Gasteiger partial charge in [-0.05, 0) is 36.8 Å². The Morgan fingerprint density at radius 1 is 1.36 bits per heavy atom. The molecular formula is C13H17N. The number of rotatable bonds is 3. The summed E-state index contributed by atoms with van der Waals surface area (Å²) in [6, 6.07) is 8.86. The predicted molar refractivity (Wildman–Crippen MR) is 61.1 cm³/mol. The first kappa shape index (κ1) is 9.47. The van der Waals surface area contributed by atoms with Crippen molar-refractivity contribution in [2.45, 2.75) is 25.7 Å². The first-order chi connectivity index (χ1) is 6.79. The van der Waals surface area contributed by atoms with Gasteiger partial charge in [-0.2, -0.15) is 0 Å². The smallest absolute Gasteiger partial charge is 0.0137 e.